The average Bonchev–Trinajstić information content (AvgIpc) is 3.02. The van der Waals surface area contributed by atoms with E-state index in [-0.39, 0.29) is 0 Å². The summed E-state index contributed by atoms with van der Waals surface area (Å²) in [5, 5.41) is 4.25. The first-order valence-electron chi connectivity index (χ1n) is 7.36. The molecular weight excluding hydrogens is 248 g/mol. The summed E-state index contributed by atoms with van der Waals surface area (Å²) < 4.78 is 1.88. The molecule has 106 valence electrons. The van der Waals surface area contributed by atoms with Crippen LogP contribution in [0.15, 0.2) is 42.7 Å². The van der Waals surface area contributed by atoms with Gasteiger partial charge < -0.3 is 5.73 Å². The molecule has 2 aromatic rings. The van der Waals surface area contributed by atoms with Crippen molar-refractivity contribution < 1.29 is 0 Å². The molecule has 1 atom stereocenters. The van der Waals surface area contributed by atoms with E-state index in [1.165, 1.54) is 24.9 Å². The van der Waals surface area contributed by atoms with Crippen LogP contribution in [0, 0.1) is 5.92 Å². The molecule has 20 heavy (non-hydrogen) atoms. The fourth-order valence-electron chi connectivity index (χ4n) is 2.92. The maximum atomic E-state index is 5.80. The van der Waals surface area contributed by atoms with Crippen LogP contribution in [0.4, 0.5) is 0 Å². The van der Waals surface area contributed by atoms with Gasteiger partial charge in [-0.3, -0.25) is 4.90 Å². The minimum absolute atomic E-state index is 0.673. The van der Waals surface area contributed by atoms with Crippen molar-refractivity contribution in [3.05, 3.63) is 48.3 Å². The predicted molar refractivity (Wildman–Crippen MR) is 80.6 cm³/mol. The first-order chi connectivity index (χ1) is 9.85. The average molecular weight is 270 g/mol. The largest absolute Gasteiger partial charge is 0.330 e. The maximum Gasteiger partial charge on any atom is 0.0645 e. The third kappa shape index (κ3) is 3.08. The molecule has 4 heteroatoms. The van der Waals surface area contributed by atoms with Crippen molar-refractivity contribution in [1.29, 1.82) is 0 Å². The molecule has 2 N–H and O–H groups in total. The number of hydrogen-bond donors (Lipinski definition) is 1. The predicted octanol–water partition coefficient (Wildman–Crippen LogP) is 2.04. The zero-order valence-corrected chi connectivity index (χ0v) is 11.8. The summed E-state index contributed by atoms with van der Waals surface area (Å²) in [4.78, 5) is 2.52. The highest BCUT2D eigenvalue weighted by Gasteiger charge is 2.18. The van der Waals surface area contributed by atoms with Gasteiger partial charge in [0.25, 0.3) is 0 Å². The van der Waals surface area contributed by atoms with E-state index in [9.17, 15) is 0 Å². The van der Waals surface area contributed by atoms with Gasteiger partial charge in [-0.2, -0.15) is 5.10 Å². The highest BCUT2D eigenvalue weighted by atomic mass is 15.3. The maximum absolute atomic E-state index is 5.80. The second-order valence-corrected chi connectivity index (χ2v) is 5.60. The van der Waals surface area contributed by atoms with Crippen LogP contribution in [0.2, 0.25) is 0 Å². The van der Waals surface area contributed by atoms with E-state index in [0.29, 0.717) is 5.92 Å². The molecule has 1 aliphatic heterocycles. The number of likely N-dealkylation sites (tertiary alicyclic amines) is 1. The summed E-state index contributed by atoms with van der Waals surface area (Å²) in [6.45, 7) is 4.17. The second kappa shape index (κ2) is 6.20. The van der Waals surface area contributed by atoms with Crippen LogP contribution in [0.5, 0.6) is 0 Å². The lowest BCUT2D eigenvalue weighted by atomic mass is 9.98. The van der Waals surface area contributed by atoms with Crippen molar-refractivity contribution in [1.82, 2.24) is 14.7 Å². The van der Waals surface area contributed by atoms with Gasteiger partial charge in [0.05, 0.1) is 5.69 Å². The quantitative estimate of drug-likeness (QED) is 0.925. The zero-order chi connectivity index (χ0) is 13.8. The molecule has 0 amide bonds. The molecule has 3 rings (SSSR count). The minimum atomic E-state index is 0.673. The molecular formula is C16H22N4. The Hall–Kier alpha value is -1.65. The summed E-state index contributed by atoms with van der Waals surface area (Å²) in [5.41, 5.74) is 8.26. The molecule has 1 unspecified atom stereocenters. The van der Waals surface area contributed by atoms with Crippen molar-refractivity contribution in [3.63, 3.8) is 0 Å². The standard InChI is InChI=1S/C16H22N4/c17-11-15-3-1-9-19(13-15)12-14-4-6-16(7-5-14)20-10-2-8-18-20/h2,4-8,10,15H,1,3,9,11-13,17H2. The monoisotopic (exact) mass is 270 g/mol. The zero-order valence-electron chi connectivity index (χ0n) is 11.8. The second-order valence-electron chi connectivity index (χ2n) is 5.60. The van der Waals surface area contributed by atoms with Crippen LogP contribution in [0.25, 0.3) is 5.69 Å². The normalized spacial score (nSPS) is 20.1. The molecule has 0 bridgehead atoms. The van der Waals surface area contributed by atoms with E-state index in [2.05, 4.69) is 34.3 Å². The molecule has 0 saturated carbocycles. The highest BCUT2D eigenvalue weighted by molar-refractivity contribution is 5.33. The Balaban J connectivity index is 1.63. The van der Waals surface area contributed by atoms with Crippen LogP contribution in [-0.2, 0) is 6.54 Å². The molecule has 0 spiro atoms. The van der Waals surface area contributed by atoms with Crippen LogP contribution in [-0.4, -0.2) is 34.3 Å². The number of nitrogens with two attached hydrogens (primary N) is 1. The summed E-state index contributed by atoms with van der Waals surface area (Å²) in [6.07, 6.45) is 6.32. The topological polar surface area (TPSA) is 47.1 Å². The first kappa shape index (κ1) is 13.3. The van der Waals surface area contributed by atoms with E-state index < -0.39 is 0 Å². The number of piperidine rings is 1. The number of hydrogen-bond acceptors (Lipinski definition) is 3. The SMILES string of the molecule is NCC1CCCN(Cc2ccc(-n3cccn3)cc2)C1. The molecule has 1 aromatic heterocycles. The molecule has 1 fully saturated rings. The van der Waals surface area contributed by atoms with Gasteiger partial charge in [0.15, 0.2) is 0 Å². The third-order valence-electron chi connectivity index (χ3n) is 4.05. The Bertz CT molecular complexity index is 518. The lowest BCUT2D eigenvalue weighted by Gasteiger charge is -2.32. The fraction of sp³-hybridized carbons (Fsp3) is 0.438. The van der Waals surface area contributed by atoms with Gasteiger partial charge in [-0.25, -0.2) is 4.68 Å². The Morgan fingerprint density at radius 2 is 2.10 bits per heavy atom. The van der Waals surface area contributed by atoms with E-state index in [0.717, 1.165) is 25.3 Å². The lowest BCUT2D eigenvalue weighted by molar-refractivity contribution is 0.171. The van der Waals surface area contributed by atoms with Crippen molar-refractivity contribution in [2.75, 3.05) is 19.6 Å². The van der Waals surface area contributed by atoms with Gasteiger partial charge in [-0.1, -0.05) is 12.1 Å². The van der Waals surface area contributed by atoms with Crippen LogP contribution >= 0.6 is 0 Å². The molecule has 1 aliphatic rings. The Kier molecular flexibility index (Phi) is 4.14. The van der Waals surface area contributed by atoms with Crippen molar-refractivity contribution >= 4 is 0 Å². The Labute approximate surface area is 120 Å². The van der Waals surface area contributed by atoms with Gasteiger partial charge in [-0.15, -0.1) is 0 Å². The molecule has 2 heterocycles. The third-order valence-corrected chi connectivity index (χ3v) is 4.05. The fourth-order valence-corrected chi connectivity index (χ4v) is 2.92. The number of nitrogens with zero attached hydrogens (tertiary/aromatic N) is 3. The van der Waals surface area contributed by atoms with E-state index >= 15 is 0 Å². The Morgan fingerprint density at radius 3 is 2.80 bits per heavy atom. The number of benzene rings is 1. The minimum Gasteiger partial charge on any atom is -0.330 e. The number of aromatic nitrogens is 2. The van der Waals surface area contributed by atoms with Gasteiger partial charge in [0.1, 0.15) is 0 Å². The molecule has 1 aromatic carbocycles. The highest BCUT2D eigenvalue weighted by Crippen LogP contribution is 2.18. The van der Waals surface area contributed by atoms with Gasteiger partial charge in [-0.05, 0) is 55.6 Å². The molecule has 0 aliphatic carbocycles. The molecule has 0 radical (unpaired) electrons. The van der Waals surface area contributed by atoms with Crippen molar-refractivity contribution in [2.24, 2.45) is 11.7 Å². The van der Waals surface area contributed by atoms with E-state index in [1.807, 2.05) is 16.9 Å². The van der Waals surface area contributed by atoms with Crippen LogP contribution in [0.1, 0.15) is 18.4 Å². The number of rotatable bonds is 4. The van der Waals surface area contributed by atoms with Crippen molar-refractivity contribution in [2.45, 2.75) is 19.4 Å². The van der Waals surface area contributed by atoms with Crippen LogP contribution < -0.4 is 5.73 Å². The van der Waals surface area contributed by atoms with Gasteiger partial charge in [0.2, 0.25) is 0 Å². The van der Waals surface area contributed by atoms with Gasteiger partial charge >= 0.3 is 0 Å². The Morgan fingerprint density at radius 1 is 1.25 bits per heavy atom. The molecule has 1 saturated heterocycles. The lowest BCUT2D eigenvalue weighted by Crippen LogP contribution is -2.37. The summed E-state index contributed by atoms with van der Waals surface area (Å²) in [6, 6.07) is 10.6. The smallest absolute Gasteiger partial charge is 0.0645 e. The summed E-state index contributed by atoms with van der Waals surface area (Å²) in [5.74, 6) is 0.673. The van der Waals surface area contributed by atoms with Crippen molar-refractivity contribution in [3.8, 4) is 5.69 Å². The summed E-state index contributed by atoms with van der Waals surface area (Å²) in [7, 11) is 0. The van der Waals surface area contributed by atoms with Crippen LogP contribution in [0.3, 0.4) is 0 Å². The van der Waals surface area contributed by atoms with E-state index in [4.69, 9.17) is 5.73 Å². The molecule has 4 nitrogen and oxygen atoms in total. The summed E-state index contributed by atoms with van der Waals surface area (Å²) >= 11 is 0. The van der Waals surface area contributed by atoms with Gasteiger partial charge in [0, 0.05) is 25.5 Å². The van der Waals surface area contributed by atoms with E-state index in [1.54, 1.807) is 6.20 Å². The first-order valence-corrected chi connectivity index (χ1v) is 7.36.